The van der Waals surface area contributed by atoms with E-state index in [9.17, 15) is 18.4 Å². The molecule has 0 aliphatic carbocycles. The zero-order valence-electron chi connectivity index (χ0n) is 14.9. The predicted molar refractivity (Wildman–Crippen MR) is 103 cm³/mol. The standard InChI is InChI=1S/C20H19BrF2N2O2/c1-11(2)18(24-19(26)17-14(22)4-3-5-15(17)23)20(27)25-9-8-12-10-13(21)6-7-16(12)25/h3-7,10-11,18H,8-9H2,1-2H3,(H,24,26). The molecule has 0 radical (unpaired) electrons. The van der Waals surface area contributed by atoms with Crippen LogP contribution in [0.15, 0.2) is 40.9 Å². The van der Waals surface area contributed by atoms with Crippen LogP contribution in [-0.4, -0.2) is 24.4 Å². The van der Waals surface area contributed by atoms with Gasteiger partial charge in [-0.25, -0.2) is 8.78 Å². The average molecular weight is 437 g/mol. The van der Waals surface area contributed by atoms with E-state index in [2.05, 4.69) is 21.2 Å². The Morgan fingerprint density at radius 2 is 1.81 bits per heavy atom. The summed E-state index contributed by atoms with van der Waals surface area (Å²) in [7, 11) is 0. The minimum absolute atomic E-state index is 0.254. The Balaban J connectivity index is 1.85. The summed E-state index contributed by atoms with van der Waals surface area (Å²) in [5.41, 5.74) is 1.15. The van der Waals surface area contributed by atoms with Gasteiger partial charge in [0.05, 0.1) is 0 Å². The van der Waals surface area contributed by atoms with E-state index in [1.54, 1.807) is 18.7 Å². The average Bonchev–Trinajstić information content (AvgIpc) is 3.01. The summed E-state index contributed by atoms with van der Waals surface area (Å²) >= 11 is 3.41. The molecular weight excluding hydrogens is 418 g/mol. The fraction of sp³-hybridized carbons (Fsp3) is 0.300. The smallest absolute Gasteiger partial charge is 0.257 e. The summed E-state index contributed by atoms with van der Waals surface area (Å²) in [6, 6.07) is 7.97. The molecule has 1 atom stereocenters. The van der Waals surface area contributed by atoms with Gasteiger partial charge in [0.15, 0.2) is 0 Å². The Bertz CT molecular complexity index is 881. The van der Waals surface area contributed by atoms with Crippen LogP contribution < -0.4 is 10.2 Å². The van der Waals surface area contributed by atoms with Gasteiger partial charge in [-0.05, 0) is 48.2 Å². The van der Waals surface area contributed by atoms with Crippen molar-refractivity contribution in [1.29, 1.82) is 0 Å². The third-order valence-corrected chi connectivity index (χ3v) is 5.11. The van der Waals surface area contributed by atoms with Crippen molar-refractivity contribution >= 4 is 33.4 Å². The van der Waals surface area contributed by atoms with Gasteiger partial charge in [0.1, 0.15) is 23.2 Å². The van der Waals surface area contributed by atoms with Crippen LogP contribution in [-0.2, 0) is 11.2 Å². The summed E-state index contributed by atoms with van der Waals surface area (Å²) < 4.78 is 28.7. The number of nitrogens with zero attached hydrogens (tertiary/aromatic N) is 1. The monoisotopic (exact) mass is 436 g/mol. The van der Waals surface area contributed by atoms with E-state index < -0.39 is 29.1 Å². The van der Waals surface area contributed by atoms with E-state index in [1.165, 1.54) is 6.07 Å². The van der Waals surface area contributed by atoms with Crippen molar-refractivity contribution < 1.29 is 18.4 Å². The number of benzene rings is 2. The van der Waals surface area contributed by atoms with Crippen LogP contribution in [0.4, 0.5) is 14.5 Å². The maximum absolute atomic E-state index is 13.9. The minimum atomic E-state index is -0.959. The molecule has 1 aliphatic heterocycles. The van der Waals surface area contributed by atoms with Gasteiger partial charge in [0.25, 0.3) is 5.91 Å². The largest absolute Gasteiger partial charge is 0.340 e. The molecule has 0 fully saturated rings. The van der Waals surface area contributed by atoms with E-state index in [0.717, 1.165) is 27.9 Å². The molecule has 0 spiro atoms. The molecule has 3 rings (SSSR count). The van der Waals surface area contributed by atoms with E-state index in [4.69, 9.17) is 0 Å². The lowest BCUT2D eigenvalue weighted by Crippen LogP contribution is -2.51. The van der Waals surface area contributed by atoms with Crippen molar-refractivity contribution in [3.63, 3.8) is 0 Å². The number of hydrogen-bond acceptors (Lipinski definition) is 2. The number of nitrogens with one attached hydrogen (secondary N) is 1. The number of hydrogen-bond donors (Lipinski definition) is 1. The molecule has 0 saturated carbocycles. The quantitative estimate of drug-likeness (QED) is 0.784. The topological polar surface area (TPSA) is 49.4 Å². The van der Waals surface area contributed by atoms with Crippen molar-refractivity contribution in [3.05, 3.63) is 63.6 Å². The molecule has 0 aromatic heterocycles. The van der Waals surface area contributed by atoms with Crippen LogP contribution in [0, 0.1) is 17.6 Å². The van der Waals surface area contributed by atoms with Crippen LogP contribution in [0.2, 0.25) is 0 Å². The molecule has 1 unspecified atom stereocenters. The van der Waals surface area contributed by atoms with Gasteiger partial charge in [-0.3, -0.25) is 9.59 Å². The van der Waals surface area contributed by atoms with E-state index in [0.29, 0.717) is 13.0 Å². The molecular formula is C20H19BrF2N2O2. The van der Waals surface area contributed by atoms with Crippen molar-refractivity contribution in [2.75, 3.05) is 11.4 Å². The lowest BCUT2D eigenvalue weighted by molar-refractivity contribution is -0.121. The van der Waals surface area contributed by atoms with Gasteiger partial charge >= 0.3 is 0 Å². The van der Waals surface area contributed by atoms with Crippen molar-refractivity contribution in [2.45, 2.75) is 26.3 Å². The fourth-order valence-electron chi connectivity index (χ4n) is 3.21. The first-order chi connectivity index (χ1) is 12.8. The molecule has 1 aliphatic rings. The van der Waals surface area contributed by atoms with Crippen molar-refractivity contribution in [2.24, 2.45) is 5.92 Å². The molecule has 0 bridgehead atoms. The fourth-order valence-corrected chi connectivity index (χ4v) is 3.62. The zero-order valence-corrected chi connectivity index (χ0v) is 16.5. The molecule has 0 saturated heterocycles. The van der Waals surface area contributed by atoms with Crippen LogP contribution >= 0.6 is 15.9 Å². The van der Waals surface area contributed by atoms with Gasteiger partial charge in [0.2, 0.25) is 5.91 Å². The van der Waals surface area contributed by atoms with Crippen molar-refractivity contribution in [1.82, 2.24) is 5.32 Å². The number of carbonyl (C=O) groups is 2. The number of fused-ring (bicyclic) bond motifs is 1. The first-order valence-electron chi connectivity index (χ1n) is 8.64. The Morgan fingerprint density at radius 1 is 1.15 bits per heavy atom. The number of rotatable bonds is 4. The highest BCUT2D eigenvalue weighted by Crippen LogP contribution is 2.31. The molecule has 7 heteroatoms. The van der Waals surface area contributed by atoms with Gasteiger partial charge in [0, 0.05) is 16.7 Å². The summed E-state index contributed by atoms with van der Waals surface area (Å²) in [4.78, 5) is 27.1. The molecule has 2 amide bonds. The molecule has 2 aromatic rings. The van der Waals surface area contributed by atoms with Gasteiger partial charge in [-0.15, -0.1) is 0 Å². The minimum Gasteiger partial charge on any atom is -0.340 e. The lowest BCUT2D eigenvalue weighted by Gasteiger charge is -2.27. The highest BCUT2D eigenvalue weighted by Gasteiger charge is 2.34. The molecule has 2 aromatic carbocycles. The van der Waals surface area contributed by atoms with Crippen LogP contribution in [0.25, 0.3) is 0 Å². The van der Waals surface area contributed by atoms with E-state index in [1.807, 2.05) is 18.2 Å². The zero-order chi connectivity index (χ0) is 19.7. The first-order valence-corrected chi connectivity index (χ1v) is 9.43. The summed E-state index contributed by atoms with van der Waals surface area (Å²) in [6.45, 7) is 4.05. The maximum Gasteiger partial charge on any atom is 0.257 e. The Morgan fingerprint density at radius 3 is 2.44 bits per heavy atom. The predicted octanol–water partition coefficient (Wildman–Crippen LogP) is 4.07. The van der Waals surface area contributed by atoms with Crippen LogP contribution in [0.5, 0.6) is 0 Å². The second-order valence-corrected chi connectivity index (χ2v) is 7.72. The summed E-state index contributed by atoms with van der Waals surface area (Å²) in [6.07, 6.45) is 0.710. The van der Waals surface area contributed by atoms with Crippen LogP contribution in [0.3, 0.4) is 0 Å². The third-order valence-electron chi connectivity index (χ3n) is 4.61. The number of amides is 2. The number of anilines is 1. The van der Waals surface area contributed by atoms with E-state index >= 15 is 0 Å². The Kier molecular flexibility index (Phi) is 5.60. The SMILES string of the molecule is CC(C)C(NC(=O)c1c(F)cccc1F)C(=O)N1CCc2cc(Br)ccc21. The number of halogens is 3. The normalized spacial score (nSPS) is 14.2. The highest BCUT2D eigenvalue weighted by molar-refractivity contribution is 9.10. The molecule has 4 nitrogen and oxygen atoms in total. The molecule has 1 heterocycles. The van der Waals surface area contributed by atoms with Crippen molar-refractivity contribution in [3.8, 4) is 0 Å². The summed E-state index contributed by atoms with van der Waals surface area (Å²) in [5.74, 6) is -3.41. The van der Waals surface area contributed by atoms with Crippen LogP contribution in [0.1, 0.15) is 29.8 Å². The number of carbonyl (C=O) groups excluding carboxylic acids is 2. The highest BCUT2D eigenvalue weighted by atomic mass is 79.9. The van der Waals surface area contributed by atoms with Gasteiger partial charge in [-0.1, -0.05) is 35.8 Å². The first kappa shape index (κ1) is 19.5. The lowest BCUT2D eigenvalue weighted by atomic mass is 10.0. The Hall–Kier alpha value is -2.28. The second kappa shape index (κ2) is 7.76. The van der Waals surface area contributed by atoms with Gasteiger partial charge in [-0.2, -0.15) is 0 Å². The van der Waals surface area contributed by atoms with Gasteiger partial charge < -0.3 is 10.2 Å². The Labute approximate surface area is 164 Å². The third kappa shape index (κ3) is 3.88. The molecule has 1 N–H and O–H groups in total. The summed E-state index contributed by atoms with van der Waals surface area (Å²) in [5, 5.41) is 2.51. The molecule has 27 heavy (non-hydrogen) atoms. The molecule has 142 valence electrons. The maximum atomic E-state index is 13.9. The second-order valence-electron chi connectivity index (χ2n) is 6.80. The van der Waals surface area contributed by atoms with E-state index in [-0.39, 0.29) is 11.8 Å².